The van der Waals surface area contributed by atoms with Crippen molar-refractivity contribution in [3.8, 4) is 5.75 Å². The van der Waals surface area contributed by atoms with Crippen LogP contribution in [0.15, 0.2) is 24.3 Å². The lowest BCUT2D eigenvalue weighted by Gasteiger charge is -2.41. The number of nitrogens with one attached hydrogen (secondary N) is 1. The van der Waals surface area contributed by atoms with E-state index >= 15 is 0 Å². The Hall–Kier alpha value is -1.02. The number of hydrogen-bond acceptors (Lipinski definition) is 2. The van der Waals surface area contributed by atoms with Gasteiger partial charge >= 0.3 is 0 Å². The van der Waals surface area contributed by atoms with E-state index in [2.05, 4.69) is 23.5 Å². The standard InChI is InChI=1S/C15H21NO/c1-17-15-7-2-4-11(10-15)12-8-14(9-12)16-13-5-3-6-13/h2,4,7,10,12-14,16H,3,5-6,8-9H2,1H3. The molecule has 92 valence electrons. The first-order chi connectivity index (χ1) is 8.35. The highest BCUT2D eigenvalue weighted by atomic mass is 16.5. The summed E-state index contributed by atoms with van der Waals surface area (Å²) in [5, 5.41) is 3.75. The van der Waals surface area contributed by atoms with Gasteiger partial charge < -0.3 is 10.1 Å². The predicted octanol–water partition coefficient (Wildman–Crippen LogP) is 3.08. The summed E-state index contributed by atoms with van der Waals surface area (Å²) < 4.78 is 5.28. The fourth-order valence-electron chi connectivity index (χ4n) is 2.83. The molecule has 2 aliphatic rings. The third-order valence-corrected chi connectivity index (χ3v) is 4.28. The molecule has 0 saturated heterocycles. The molecule has 1 aromatic rings. The average molecular weight is 231 g/mol. The number of hydrogen-bond donors (Lipinski definition) is 1. The van der Waals surface area contributed by atoms with Crippen LogP contribution in [0.5, 0.6) is 5.75 Å². The maximum atomic E-state index is 5.28. The Bertz CT molecular complexity index is 380. The van der Waals surface area contributed by atoms with Crippen molar-refractivity contribution >= 4 is 0 Å². The van der Waals surface area contributed by atoms with Crippen LogP contribution in [0.3, 0.4) is 0 Å². The van der Waals surface area contributed by atoms with E-state index in [1.165, 1.54) is 37.7 Å². The highest BCUT2D eigenvalue weighted by molar-refractivity contribution is 5.32. The predicted molar refractivity (Wildman–Crippen MR) is 69.5 cm³/mol. The van der Waals surface area contributed by atoms with E-state index in [0.717, 1.165) is 23.8 Å². The van der Waals surface area contributed by atoms with E-state index in [1.807, 2.05) is 6.07 Å². The molecule has 2 heteroatoms. The molecular formula is C15H21NO. The fraction of sp³-hybridized carbons (Fsp3) is 0.600. The van der Waals surface area contributed by atoms with Crippen LogP contribution in [0.2, 0.25) is 0 Å². The minimum Gasteiger partial charge on any atom is -0.497 e. The second kappa shape index (κ2) is 4.69. The molecule has 0 unspecified atom stereocenters. The summed E-state index contributed by atoms with van der Waals surface area (Å²) in [6.45, 7) is 0. The fourth-order valence-corrected chi connectivity index (χ4v) is 2.83. The van der Waals surface area contributed by atoms with E-state index in [0.29, 0.717) is 0 Å². The van der Waals surface area contributed by atoms with Crippen LogP contribution >= 0.6 is 0 Å². The maximum absolute atomic E-state index is 5.28. The molecule has 0 heterocycles. The highest BCUT2D eigenvalue weighted by Gasteiger charge is 2.32. The van der Waals surface area contributed by atoms with Gasteiger partial charge in [-0.1, -0.05) is 18.6 Å². The topological polar surface area (TPSA) is 21.3 Å². The molecule has 0 aromatic heterocycles. The van der Waals surface area contributed by atoms with Crippen LogP contribution in [0, 0.1) is 0 Å². The molecule has 0 atom stereocenters. The Balaban J connectivity index is 1.53. The number of benzene rings is 1. The summed E-state index contributed by atoms with van der Waals surface area (Å²) >= 11 is 0. The van der Waals surface area contributed by atoms with E-state index in [-0.39, 0.29) is 0 Å². The first-order valence-electron chi connectivity index (χ1n) is 6.75. The summed E-state index contributed by atoms with van der Waals surface area (Å²) in [6.07, 6.45) is 6.79. The van der Waals surface area contributed by atoms with E-state index in [9.17, 15) is 0 Å². The van der Waals surface area contributed by atoms with Crippen molar-refractivity contribution < 1.29 is 4.74 Å². The second-order valence-electron chi connectivity index (χ2n) is 5.44. The number of methoxy groups -OCH3 is 1. The highest BCUT2D eigenvalue weighted by Crippen LogP contribution is 2.39. The van der Waals surface area contributed by atoms with Gasteiger partial charge in [-0.2, -0.15) is 0 Å². The molecule has 2 saturated carbocycles. The molecule has 0 spiro atoms. The third kappa shape index (κ3) is 2.32. The van der Waals surface area contributed by atoms with Gasteiger partial charge in [0.2, 0.25) is 0 Å². The van der Waals surface area contributed by atoms with Crippen LogP contribution in [-0.2, 0) is 0 Å². The molecule has 0 amide bonds. The van der Waals surface area contributed by atoms with Crippen molar-refractivity contribution in [3.63, 3.8) is 0 Å². The lowest BCUT2D eigenvalue weighted by Crippen LogP contribution is -2.48. The maximum Gasteiger partial charge on any atom is 0.119 e. The average Bonchev–Trinajstić information content (AvgIpc) is 2.25. The van der Waals surface area contributed by atoms with E-state index < -0.39 is 0 Å². The van der Waals surface area contributed by atoms with Gasteiger partial charge in [0.05, 0.1) is 7.11 Å². The van der Waals surface area contributed by atoms with Gasteiger partial charge in [-0.3, -0.25) is 0 Å². The molecule has 1 aromatic carbocycles. The lowest BCUT2D eigenvalue weighted by atomic mass is 9.75. The summed E-state index contributed by atoms with van der Waals surface area (Å²) in [5.41, 5.74) is 1.44. The molecule has 0 radical (unpaired) electrons. The Morgan fingerprint density at radius 1 is 1.18 bits per heavy atom. The zero-order valence-corrected chi connectivity index (χ0v) is 10.5. The van der Waals surface area contributed by atoms with Crippen molar-refractivity contribution in [2.45, 2.75) is 50.1 Å². The Morgan fingerprint density at radius 3 is 2.65 bits per heavy atom. The van der Waals surface area contributed by atoms with Crippen molar-refractivity contribution in [1.82, 2.24) is 5.32 Å². The lowest BCUT2D eigenvalue weighted by molar-refractivity contribution is 0.220. The number of rotatable bonds is 4. The molecule has 2 nitrogen and oxygen atoms in total. The minimum atomic E-state index is 0.739. The first-order valence-corrected chi connectivity index (χ1v) is 6.75. The Kier molecular flexibility index (Phi) is 3.06. The van der Waals surface area contributed by atoms with E-state index in [4.69, 9.17) is 4.74 Å². The Labute approximate surface area is 103 Å². The third-order valence-electron chi connectivity index (χ3n) is 4.28. The summed E-state index contributed by atoms with van der Waals surface area (Å²) in [7, 11) is 1.74. The van der Waals surface area contributed by atoms with Crippen LogP contribution in [0.25, 0.3) is 0 Å². The summed E-state index contributed by atoms with van der Waals surface area (Å²) in [4.78, 5) is 0. The van der Waals surface area contributed by atoms with Crippen molar-refractivity contribution in [2.24, 2.45) is 0 Å². The van der Waals surface area contributed by atoms with Crippen LogP contribution in [0.4, 0.5) is 0 Å². The van der Waals surface area contributed by atoms with Gasteiger partial charge in [-0.05, 0) is 49.3 Å². The van der Waals surface area contributed by atoms with Gasteiger partial charge in [0.25, 0.3) is 0 Å². The van der Waals surface area contributed by atoms with Gasteiger partial charge in [0, 0.05) is 12.1 Å². The van der Waals surface area contributed by atoms with Crippen molar-refractivity contribution in [3.05, 3.63) is 29.8 Å². The molecule has 2 aliphatic carbocycles. The van der Waals surface area contributed by atoms with E-state index in [1.54, 1.807) is 7.11 Å². The quantitative estimate of drug-likeness (QED) is 0.859. The SMILES string of the molecule is COc1cccc(C2CC(NC3CCC3)C2)c1. The van der Waals surface area contributed by atoms with Gasteiger partial charge in [-0.15, -0.1) is 0 Å². The molecule has 3 rings (SSSR count). The zero-order valence-electron chi connectivity index (χ0n) is 10.5. The largest absolute Gasteiger partial charge is 0.497 e. The summed E-state index contributed by atoms with van der Waals surface area (Å²) in [5.74, 6) is 1.72. The second-order valence-corrected chi connectivity index (χ2v) is 5.44. The Morgan fingerprint density at radius 2 is 2.00 bits per heavy atom. The van der Waals surface area contributed by atoms with Crippen molar-refractivity contribution in [1.29, 1.82) is 0 Å². The van der Waals surface area contributed by atoms with Crippen molar-refractivity contribution in [2.75, 3.05) is 7.11 Å². The molecular weight excluding hydrogens is 210 g/mol. The smallest absolute Gasteiger partial charge is 0.119 e. The molecule has 1 N–H and O–H groups in total. The minimum absolute atomic E-state index is 0.739. The van der Waals surface area contributed by atoms with Gasteiger partial charge in [0.15, 0.2) is 0 Å². The summed E-state index contributed by atoms with van der Waals surface area (Å²) in [6, 6.07) is 10.1. The monoisotopic (exact) mass is 231 g/mol. The molecule has 0 bridgehead atoms. The van der Waals surface area contributed by atoms with Gasteiger partial charge in [-0.25, -0.2) is 0 Å². The van der Waals surface area contributed by atoms with Crippen LogP contribution in [-0.4, -0.2) is 19.2 Å². The molecule has 2 fully saturated rings. The van der Waals surface area contributed by atoms with Crippen LogP contribution in [0.1, 0.15) is 43.6 Å². The zero-order chi connectivity index (χ0) is 11.7. The van der Waals surface area contributed by atoms with Crippen LogP contribution < -0.4 is 10.1 Å². The first kappa shape index (κ1) is 11.1. The number of ether oxygens (including phenoxy) is 1. The normalized spacial score (nSPS) is 28.3. The molecule has 0 aliphatic heterocycles. The molecule has 17 heavy (non-hydrogen) atoms. The van der Waals surface area contributed by atoms with Gasteiger partial charge in [0.1, 0.15) is 5.75 Å².